The van der Waals surface area contributed by atoms with Crippen LogP contribution < -0.4 is 5.32 Å². The average molecular weight is 241 g/mol. The Bertz CT molecular complexity index is 357. The summed E-state index contributed by atoms with van der Waals surface area (Å²) in [7, 11) is -1.15. The first-order valence-electron chi connectivity index (χ1n) is 5.15. The highest BCUT2D eigenvalue weighted by atomic mass is 31.2. The van der Waals surface area contributed by atoms with Gasteiger partial charge in [-0.25, -0.2) is 0 Å². The summed E-state index contributed by atoms with van der Waals surface area (Å²) in [4.78, 5) is 11.9. The molecule has 0 aromatic carbocycles. The van der Waals surface area contributed by atoms with Gasteiger partial charge >= 0.3 is 8.60 Å². The molecule has 3 aliphatic heterocycles. The SMILES string of the molecule is O=C(NC12COP(OC1)OC2)C1=CC=CC1. The van der Waals surface area contributed by atoms with Gasteiger partial charge in [0.05, 0.1) is 19.8 Å². The molecule has 5 nitrogen and oxygen atoms in total. The molecule has 0 atom stereocenters. The minimum absolute atomic E-state index is 0.0612. The fourth-order valence-electron chi connectivity index (χ4n) is 1.81. The van der Waals surface area contributed by atoms with E-state index < -0.39 is 14.1 Å². The Labute approximate surface area is 94.4 Å². The Morgan fingerprint density at radius 1 is 1.31 bits per heavy atom. The molecule has 3 saturated heterocycles. The molecule has 3 heterocycles. The molecule has 1 amide bonds. The number of rotatable bonds is 2. The maximum atomic E-state index is 11.9. The van der Waals surface area contributed by atoms with Crippen molar-refractivity contribution in [1.29, 1.82) is 0 Å². The van der Waals surface area contributed by atoms with Crippen molar-refractivity contribution in [2.24, 2.45) is 0 Å². The van der Waals surface area contributed by atoms with Gasteiger partial charge < -0.3 is 18.9 Å². The lowest BCUT2D eigenvalue weighted by Gasteiger charge is -2.44. The molecule has 4 aliphatic rings. The molecule has 0 unspecified atom stereocenters. The molecule has 0 saturated carbocycles. The van der Waals surface area contributed by atoms with E-state index in [4.69, 9.17) is 13.6 Å². The van der Waals surface area contributed by atoms with Gasteiger partial charge in [-0.05, 0) is 6.42 Å². The van der Waals surface area contributed by atoms with Gasteiger partial charge in [-0.1, -0.05) is 18.2 Å². The fourth-order valence-corrected chi connectivity index (χ4v) is 3.09. The van der Waals surface area contributed by atoms with Crippen LogP contribution >= 0.6 is 8.60 Å². The van der Waals surface area contributed by atoms with Gasteiger partial charge in [-0.2, -0.15) is 0 Å². The van der Waals surface area contributed by atoms with Crippen molar-refractivity contribution < 1.29 is 18.4 Å². The Hall–Kier alpha value is -0.740. The number of fused-ring (bicyclic) bond motifs is 3. The maximum absolute atomic E-state index is 11.9. The number of hydrogen-bond acceptors (Lipinski definition) is 4. The zero-order chi connectivity index (χ0) is 11.0. The first-order chi connectivity index (χ1) is 7.77. The van der Waals surface area contributed by atoms with Gasteiger partial charge in [0.25, 0.3) is 0 Å². The lowest BCUT2D eigenvalue weighted by atomic mass is 10.0. The van der Waals surface area contributed by atoms with Crippen LogP contribution in [0.3, 0.4) is 0 Å². The number of amides is 1. The predicted octanol–water partition coefficient (Wildman–Crippen LogP) is 1.03. The average Bonchev–Trinajstić information content (AvgIpc) is 2.84. The monoisotopic (exact) mass is 241 g/mol. The van der Waals surface area contributed by atoms with Gasteiger partial charge in [0.15, 0.2) is 0 Å². The second-order valence-electron chi connectivity index (χ2n) is 4.10. The van der Waals surface area contributed by atoms with Crippen molar-refractivity contribution in [2.45, 2.75) is 12.0 Å². The van der Waals surface area contributed by atoms with Crippen molar-refractivity contribution in [1.82, 2.24) is 5.32 Å². The predicted molar refractivity (Wildman–Crippen MR) is 57.5 cm³/mol. The fraction of sp³-hybridized carbons (Fsp3) is 0.500. The van der Waals surface area contributed by atoms with E-state index in [2.05, 4.69) is 5.32 Å². The van der Waals surface area contributed by atoms with Crippen LogP contribution in [0.2, 0.25) is 0 Å². The highest BCUT2D eigenvalue weighted by molar-refractivity contribution is 7.41. The van der Waals surface area contributed by atoms with Crippen molar-refractivity contribution in [3.63, 3.8) is 0 Å². The van der Waals surface area contributed by atoms with E-state index >= 15 is 0 Å². The van der Waals surface area contributed by atoms with E-state index in [0.717, 1.165) is 5.57 Å². The zero-order valence-corrected chi connectivity index (χ0v) is 9.54. The molecule has 1 aliphatic carbocycles. The summed E-state index contributed by atoms with van der Waals surface area (Å²) < 4.78 is 15.9. The maximum Gasteiger partial charge on any atom is 0.332 e. The quantitative estimate of drug-likeness (QED) is 0.734. The summed E-state index contributed by atoms with van der Waals surface area (Å²) in [6.07, 6.45) is 6.36. The van der Waals surface area contributed by atoms with Gasteiger partial charge in [0.1, 0.15) is 5.54 Å². The van der Waals surface area contributed by atoms with Crippen molar-refractivity contribution >= 4 is 14.5 Å². The van der Waals surface area contributed by atoms with Crippen LogP contribution in [0.25, 0.3) is 0 Å². The minimum atomic E-state index is -1.15. The van der Waals surface area contributed by atoms with Crippen LogP contribution in [0.1, 0.15) is 6.42 Å². The molecule has 6 heteroatoms. The summed E-state index contributed by atoms with van der Waals surface area (Å²) in [6.45, 7) is 1.43. The first kappa shape index (κ1) is 10.4. The van der Waals surface area contributed by atoms with Crippen LogP contribution in [0.5, 0.6) is 0 Å². The number of nitrogens with one attached hydrogen (secondary N) is 1. The highest BCUT2D eigenvalue weighted by Gasteiger charge is 2.46. The number of carbonyl (C=O) groups is 1. The van der Waals surface area contributed by atoms with Crippen LogP contribution in [-0.4, -0.2) is 31.3 Å². The topological polar surface area (TPSA) is 56.8 Å². The molecule has 0 aromatic rings. The molecule has 16 heavy (non-hydrogen) atoms. The van der Waals surface area contributed by atoms with Crippen molar-refractivity contribution in [2.75, 3.05) is 19.8 Å². The molecule has 0 aromatic heterocycles. The Morgan fingerprint density at radius 3 is 2.56 bits per heavy atom. The molecule has 4 rings (SSSR count). The van der Waals surface area contributed by atoms with E-state index in [-0.39, 0.29) is 5.91 Å². The van der Waals surface area contributed by atoms with Gasteiger partial charge in [0, 0.05) is 5.57 Å². The zero-order valence-electron chi connectivity index (χ0n) is 8.64. The first-order valence-corrected chi connectivity index (χ1v) is 6.24. The molecule has 1 N–H and O–H groups in total. The third-order valence-electron chi connectivity index (χ3n) is 2.78. The number of allylic oxidation sites excluding steroid dienone is 3. The second kappa shape index (κ2) is 3.93. The molecule has 0 radical (unpaired) electrons. The van der Waals surface area contributed by atoms with Crippen LogP contribution in [0, 0.1) is 0 Å². The van der Waals surface area contributed by atoms with Crippen LogP contribution in [0.4, 0.5) is 0 Å². The third kappa shape index (κ3) is 1.80. The summed E-state index contributed by atoms with van der Waals surface area (Å²) in [6, 6.07) is 0. The lowest BCUT2D eigenvalue weighted by molar-refractivity contribution is -0.124. The van der Waals surface area contributed by atoms with Crippen molar-refractivity contribution in [3.8, 4) is 0 Å². The number of hydrogen-bond donors (Lipinski definition) is 1. The summed E-state index contributed by atoms with van der Waals surface area (Å²) in [5.74, 6) is -0.0612. The van der Waals surface area contributed by atoms with E-state index in [1.54, 1.807) is 0 Å². The standard InChI is InChI=1S/C10H12NO4P/c12-9(8-3-1-2-4-8)11-10-5-13-16(14-6-10)15-7-10/h1-3H,4-7H2,(H,11,12). The Kier molecular flexibility index (Phi) is 2.56. The number of carbonyl (C=O) groups excluding carboxylic acids is 1. The highest BCUT2D eigenvalue weighted by Crippen LogP contribution is 2.49. The van der Waals surface area contributed by atoms with E-state index in [0.29, 0.717) is 26.2 Å². The van der Waals surface area contributed by atoms with Crippen LogP contribution in [0.15, 0.2) is 23.8 Å². The van der Waals surface area contributed by atoms with E-state index in [1.165, 1.54) is 0 Å². The largest absolute Gasteiger partial charge is 0.340 e. The van der Waals surface area contributed by atoms with Crippen molar-refractivity contribution in [3.05, 3.63) is 23.8 Å². The Balaban J connectivity index is 1.67. The van der Waals surface area contributed by atoms with Gasteiger partial charge in [-0.3, -0.25) is 4.79 Å². The Morgan fingerprint density at radius 2 is 2.00 bits per heavy atom. The second-order valence-corrected chi connectivity index (χ2v) is 5.32. The van der Waals surface area contributed by atoms with Gasteiger partial charge in [-0.15, -0.1) is 0 Å². The summed E-state index contributed by atoms with van der Waals surface area (Å²) in [5, 5.41) is 2.95. The molecular formula is C10H12NO4P. The summed E-state index contributed by atoms with van der Waals surface area (Å²) in [5.41, 5.74) is 0.269. The molecule has 0 spiro atoms. The molecular weight excluding hydrogens is 229 g/mol. The summed E-state index contributed by atoms with van der Waals surface area (Å²) >= 11 is 0. The normalized spacial score (nSPS) is 36.2. The molecule has 3 fully saturated rings. The minimum Gasteiger partial charge on any atom is -0.340 e. The molecule has 86 valence electrons. The van der Waals surface area contributed by atoms with E-state index in [9.17, 15) is 4.79 Å². The molecule has 2 bridgehead atoms. The van der Waals surface area contributed by atoms with Crippen LogP contribution in [-0.2, 0) is 18.4 Å². The smallest absolute Gasteiger partial charge is 0.332 e. The van der Waals surface area contributed by atoms with E-state index in [1.807, 2.05) is 18.2 Å². The van der Waals surface area contributed by atoms with Gasteiger partial charge in [0.2, 0.25) is 5.91 Å². The lowest BCUT2D eigenvalue weighted by Crippen LogP contribution is -2.62. The third-order valence-corrected chi connectivity index (χ3v) is 3.80.